The number of nitrogens with zero attached hydrogens (tertiary/aromatic N) is 2. The Kier molecular flexibility index (Phi) is 2.87. The predicted octanol–water partition coefficient (Wildman–Crippen LogP) is 0.639. The number of hydrogen-bond acceptors (Lipinski definition) is 3. The average Bonchev–Trinajstić information content (AvgIpc) is 2.62. The van der Waals surface area contributed by atoms with E-state index in [9.17, 15) is 4.79 Å². The quantitative estimate of drug-likeness (QED) is 0.793. The maximum atomic E-state index is 11.5. The second-order valence-corrected chi connectivity index (χ2v) is 3.75. The van der Waals surface area contributed by atoms with Crippen molar-refractivity contribution >= 4 is 0 Å². The van der Waals surface area contributed by atoms with Crippen molar-refractivity contribution in [2.24, 2.45) is 5.73 Å². The van der Waals surface area contributed by atoms with Crippen molar-refractivity contribution in [3.63, 3.8) is 0 Å². The van der Waals surface area contributed by atoms with E-state index in [0.717, 1.165) is 5.56 Å². The molecule has 0 aliphatic carbocycles. The lowest BCUT2D eigenvalue weighted by Gasteiger charge is -2.07. The molecule has 84 valence electrons. The summed E-state index contributed by atoms with van der Waals surface area (Å²) in [6.45, 7) is 2.30. The third kappa shape index (κ3) is 2.04. The minimum Gasteiger partial charge on any atom is -0.322 e. The molecule has 1 unspecified atom stereocenters. The summed E-state index contributed by atoms with van der Waals surface area (Å²) in [5.74, 6) is 0.578. The number of H-pyrrole nitrogens is 1. The topological polar surface area (TPSA) is 76.7 Å². The van der Waals surface area contributed by atoms with Gasteiger partial charge in [-0.05, 0) is 12.5 Å². The van der Waals surface area contributed by atoms with E-state index in [1.165, 1.54) is 0 Å². The van der Waals surface area contributed by atoms with Crippen molar-refractivity contribution in [2.45, 2.75) is 19.5 Å². The van der Waals surface area contributed by atoms with Crippen LogP contribution in [0.3, 0.4) is 0 Å². The van der Waals surface area contributed by atoms with Crippen molar-refractivity contribution in [1.29, 1.82) is 0 Å². The van der Waals surface area contributed by atoms with Crippen LogP contribution in [0.1, 0.15) is 24.4 Å². The van der Waals surface area contributed by atoms with Gasteiger partial charge in [0.2, 0.25) is 0 Å². The van der Waals surface area contributed by atoms with Crippen LogP contribution in [0.15, 0.2) is 35.1 Å². The molecule has 5 heteroatoms. The summed E-state index contributed by atoms with van der Waals surface area (Å²) in [5.41, 5.74) is 6.56. The number of aromatic nitrogens is 3. The van der Waals surface area contributed by atoms with Gasteiger partial charge in [-0.1, -0.05) is 30.3 Å². The SMILES string of the molecule is CC(N)c1n[nH]c(=O)n1Cc1ccccc1. The zero-order valence-electron chi connectivity index (χ0n) is 9.05. The van der Waals surface area contributed by atoms with E-state index in [0.29, 0.717) is 12.4 Å². The van der Waals surface area contributed by atoms with Gasteiger partial charge in [-0.3, -0.25) is 4.57 Å². The lowest BCUT2D eigenvalue weighted by molar-refractivity contribution is 0.640. The zero-order chi connectivity index (χ0) is 11.5. The molecule has 1 atom stereocenters. The average molecular weight is 218 g/mol. The molecule has 0 radical (unpaired) electrons. The van der Waals surface area contributed by atoms with Gasteiger partial charge in [-0.15, -0.1) is 0 Å². The van der Waals surface area contributed by atoms with E-state index in [1.807, 2.05) is 30.3 Å². The largest absolute Gasteiger partial charge is 0.343 e. The Hall–Kier alpha value is -1.88. The lowest BCUT2D eigenvalue weighted by Crippen LogP contribution is -2.22. The monoisotopic (exact) mass is 218 g/mol. The fourth-order valence-electron chi connectivity index (χ4n) is 1.60. The first-order valence-corrected chi connectivity index (χ1v) is 5.13. The molecule has 2 rings (SSSR count). The molecule has 1 aromatic carbocycles. The molecule has 0 aliphatic heterocycles. The van der Waals surface area contributed by atoms with Crippen LogP contribution < -0.4 is 11.4 Å². The fraction of sp³-hybridized carbons (Fsp3) is 0.273. The first kappa shape index (κ1) is 10.6. The molecular formula is C11H14N4O. The summed E-state index contributed by atoms with van der Waals surface area (Å²) >= 11 is 0. The second-order valence-electron chi connectivity index (χ2n) is 3.75. The Morgan fingerprint density at radius 3 is 2.75 bits per heavy atom. The maximum Gasteiger partial charge on any atom is 0.343 e. The van der Waals surface area contributed by atoms with Crippen LogP contribution >= 0.6 is 0 Å². The Bertz CT molecular complexity index is 512. The first-order valence-electron chi connectivity index (χ1n) is 5.13. The van der Waals surface area contributed by atoms with Crippen molar-refractivity contribution < 1.29 is 0 Å². The van der Waals surface area contributed by atoms with Crippen molar-refractivity contribution in [2.75, 3.05) is 0 Å². The number of benzene rings is 1. The van der Waals surface area contributed by atoms with Gasteiger partial charge in [0, 0.05) is 0 Å². The Labute approximate surface area is 92.9 Å². The highest BCUT2D eigenvalue weighted by Crippen LogP contribution is 2.06. The molecule has 1 aromatic heterocycles. The molecule has 0 amide bonds. The number of nitrogens with one attached hydrogen (secondary N) is 1. The van der Waals surface area contributed by atoms with E-state index in [2.05, 4.69) is 10.2 Å². The summed E-state index contributed by atoms with van der Waals surface area (Å²) in [6, 6.07) is 9.48. The van der Waals surface area contributed by atoms with Gasteiger partial charge >= 0.3 is 5.69 Å². The molecule has 1 heterocycles. The highest BCUT2D eigenvalue weighted by molar-refractivity contribution is 5.15. The minimum atomic E-state index is -0.261. The smallest absolute Gasteiger partial charge is 0.322 e. The van der Waals surface area contributed by atoms with E-state index in [1.54, 1.807) is 11.5 Å². The van der Waals surface area contributed by atoms with Crippen LogP contribution in [0.5, 0.6) is 0 Å². The second kappa shape index (κ2) is 4.32. The summed E-state index contributed by atoms with van der Waals surface area (Å²) in [4.78, 5) is 11.5. The van der Waals surface area contributed by atoms with Gasteiger partial charge in [0.25, 0.3) is 0 Å². The molecular weight excluding hydrogens is 204 g/mol. The number of rotatable bonds is 3. The van der Waals surface area contributed by atoms with Gasteiger partial charge in [0.1, 0.15) is 5.82 Å². The molecule has 16 heavy (non-hydrogen) atoms. The fourth-order valence-corrected chi connectivity index (χ4v) is 1.60. The summed E-state index contributed by atoms with van der Waals surface area (Å²) < 4.78 is 1.56. The van der Waals surface area contributed by atoms with E-state index < -0.39 is 0 Å². The van der Waals surface area contributed by atoms with Gasteiger partial charge in [-0.2, -0.15) is 5.10 Å². The maximum absolute atomic E-state index is 11.5. The first-order chi connectivity index (χ1) is 7.68. The van der Waals surface area contributed by atoms with Gasteiger partial charge in [0.05, 0.1) is 12.6 Å². The lowest BCUT2D eigenvalue weighted by atomic mass is 10.2. The summed E-state index contributed by atoms with van der Waals surface area (Å²) in [7, 11) is 0. The Balaban J connectivity index is 2.34. The summed E-state index contributed by atoms with van der Waals surface area (Å²) in [6.07, 6.45) is 0. The van der Waals surface area contributed by atoms with E-state index in [4.69, 9.17) is 5.73 Å². The van der Waals surface area contributed by atoms with Crippen LogP contribution in [0.25, 0.3) is 0 Å². The van der Waals surface area contributed by atoms with Crippen LogP contribution in [-0.2, 0) is 6.54 Å². The molecule has 0 spiro atoms. The van der Waals surface area contributed by atoms with Gasteiger partial charge in [0.15, 0.2) is 0 Å². The molecule has 0 fully saturated rings. The third-order valence-electron chi connectivity index (χ3n) is 2.38. The third-order valence-corrected chi connectivity index (χ3v) is 2.38. The number of hydrogen-bond donors (Lipinski definition) is 2. The Morgan fingerprint density at radius 1 is 1.44 bits per heavy atom. The van der Waals surface area contributed by atoms with Crippen molar-refractivity contribution in [3.8, 4) is 0 Å². The van der Waals surface area contributed by atoms with Gasteiger partial charge < -0.3 is 5.73 Å². The predicted molar refractivity (Wildman–Crippen MR) is 61.0 cm³/mol. The zero-order valence-corrected chi connectivity index (χ0v) is 9.05. The van der Waals surface area contributed by atoms with Gasteiger partial charge in [-0.25, -0.2) is 9.89 Å². The van der Waals surface area contributed by atoms with Crippen LogP contribution in [0.2, 0.25) is 0 Å². The molecule has 3 N–H and O–H groups in total. The van der Waals surface area contributed by atoms with Crippen LogP contribution in [0, 0.1) is 0 Å². The molecule has 0 saturated carbocycles. The van der Waals surface area contributed by atoms with Crippen molar-refractivity contribution in [3.05, 3.63) is 52.2 Å². The highest BCUT2D eigenvalue weighted by Gasteiger charge is 2.11. The number of aromatic amines is 1. The normalized spacial score (nSPS) is 12.6. The standard InChI is InChI=1S/C11H14N4O/c1-8(12)10-13-14-11(16)15(10)7-9-5-3-2-4-6-9/h2-6,8H,7,12H2,1H3,(H,14,16). The number of nitrogens with two attached hydrogens (primary N) is 1. The minimum absolute atomic E-state index is 0.226. The van der Waals surface area contributed by atoms with E-state index in [-0.39, 0.29) is 11.7 Å². The Morgan fingerprint density at radius 2 is 2.12 bits per heavy atom. The van der Waals surface area contributed by atoms with Crippen molar-refractivity contribution in [1.82, 2.24) is 14.8 Å². The molecule has 0 aliphatic rings. The van der Waals surface area contributed by atoms with Crippen LogP contribution in [-0.4, -0.2) is 14.8 Å². The summed E-state index contributed by atoms with van der Waals surface area (Å²) in [5, 5.41) is 6.33. The molecule has 2 aromatic rings. The van der Waals surface area contributed by atoms with Crippen LogP contribution in [0.4, 0.5) is 0 Å². The molecule has 0 saturated heterocycles. The highest BCUT2D eigenvalue weighted by atomic mass is 16.1. The molecule has 0 bridgehead atoms. The van der Waals surface area contributed by atoms with E-state index >= 15 is 0 Å². The molecule has 5 nitrogen and oxygen atoms in total.